The monoisotopic (exact) mass is 336 g/mol. The standard InChI is InChI=1S/C16H21BrN2O/c1-4-18-12(2)15-10-13(17)7-8-16(15)19(3)11-14-6-5-9-20-14/h5-10,12,18H,4,11H2,1-3H3. The Hall–Kier alpha value is -1.26. The SMILES string of the molecule is CCNC(C)c1cc(Br)ccc1N(C)Cc1ccco1. The highest BCUT2D eigenvalue weighted by Crippen LogP contribution is 2.29. The zero-order valence-electron chi connectivity index (χ0n) is 12.2. The van der Waals surface area contributed by atoms with E-state index in [2.05, 4.69) is 65.2 Å². The van der Waals surface area contributed by atoms with Crippen molar-refractivity contribution in [2.24, 2.45) is 0 Å². The summed E-state index contributed by atoms with van der Waals surface area (Å²) in [5.41, 5.74) is 2.51. The van der Waals surface area contributed by atoms with Gasteiger partial charge in [-0.05, 0) is 49.4 Å². The van der Waals surface area contributed by atoms with Crippen molar-refractivity contribution in [3.8, 4) is 0 Å². The molecule has 1 aromatic carbocycles. The zero-order valence-corrected chi connectivity index (χ0v) is 13.8. The van der Waals surface area contributed by atoms with E-state index < -0.39 is 0 Å². The molecule has 1 unspecified atom stereocenters. The van der Waals surface area contributed by atoms with Crippen molar-refractivity contribution in [2.45, 2.75) is 26.4 Å². The fraction of sp³-hybridized carbons (Fsp3) is 0.375. The van der Waals surface area contributed by atoms with E-state index in [1.54, 1.807) is 6.26 Å². The van der Waals surface area contributed by atoms with Gasteiger partial charge in [-0.15, -0.1) is 0 Å². The Morgan fingerprint density at radius 2 is 2.15 bits per heavy atom. The fourth-order valence-corrected chi connectivity index (χ4v) is 2.74. The van der Waals surface area contributed by atoms with Crippen LogP contribution in [0.3, 0.4) is 0 Å². The van der Waals surface area contributed by atoms with Crippen molar-refractivity contribution >= 4 is 21.6 Å². The van der Waals surface area contributed by atoms with Gasteiger partial charge in [-0.25, -0.2) is 0 Å². The molecule has 0 radical (unpaired) electrons. The van der Waals surface area contributed by atoms with Gasteiger partial charge in [-0.2, -0.15) is 0 Å². The van der Waals surface area contributed by atoms with Gasteiger partial charge in [-0.1, -0.05) is 22.9 Å². The molecule has 0 spiro atoms. The van der Waals surface area contributed by atoms with Gasteiger partial charge in [0.2, 0.25) is 0 Å². The normalized spacial score (nSPS) is 12.4. The summed E-state index contributed by atoms with van der Waals surface area (Å²) in [4.78, 5) is 2.22. The van der Waals surface area contributed by atoms with Gasteiger partial charge in [0.1, 0.15) is 5.76 Å². The highest BCUT2D eigenvalue weighted by molar-refractivity contribution is 9.10. The van der Waals surface area contributed by atoms with Crippen LogP contribution in [0, 0.1) is 0 Å². The van der Waals surface area contributed by atoms with Gasteiger partial charge < -0.3 is 14.6 Å². The molecule has 2 aromatic rings. The van der Waals surface area contributed by atoms with Crippen LogP contribution in [0.15, 0.2) is 45.5 Å². The molecule has 2 rings (SSSR count). The molecule has 0 amide bonds. The van der Waals surface area contributed by atoms with Gasteiger partial charge in [0, 0.05) is 23.2 Å². The predicted molar refractivity (Wildman–Crippen MR) is 87.0 cm³/mol. The summed E-state index contributed by atoms with van der Waals surface area (Å²) in [5, 5.41) is 3.47. The molecule has 20 heavy (non-hydrogen) atoms. The highest BCUT2D eigenvalue weighted by atomic mass is 79.9. The number of furan rings is 1. The minimum Gasteiger partial charge on any atom is -0.467 e. The Bertz CT molecular complexity index is 539. The van der Waals surface area contributed by atoms with E-state index >= 15 is 0 Å². The first-order valence-corrected chi connectivity index (χ1v) is 7.67. The maximum Gasteiger partial charge on any atom is 0.123 e. The second kappa shape index (κ2) is 6.95. The van der Waals surface area contributed by atoms with Gasteiger partial charge in [0.25, 0.3) is 0 Å². The molecule has 0 aliphatic heterocycles. The van der Waals surface area contributed by atoms with Crippen LogP contribution in [0.25, 0.3) is 0 Å². The molecule has 0 aliphatic rings. The Morgan fingerprint density at radius 1 is 1.35 bits per heavy atom. The fourth-order valence-electron chi connectivity index (χ4n) is 2.36. The first-order valence-electron chi connectivity index (χ1n) is 6.88. The first-order chi connectivity index (χ1) is 9.61. The first kappa shape index (κ1) is 15.1. The van der Waals surface area contributed by atoms with Crippen molar-refractivity contribution in [3.63, 3.8) is 0 Å². The van der Waals surface area contributed by atoms with Crippen molar-refractivity contribution < 1.29 is 4.42 Å². The van der Waals surface area contributed by atoms with Crippen LogP contribution in [0.5, 0.6) is 0 Å². The third kappa shape index (κ3) is 3.64. The summed E-state index contributed by atoms with van der Waals surface area (Å²) in [6.07, 6.45) is 1.72. The van der Waals surface area contributed by atoms with Crippen LogP contribution in [-0.4, -0.2) is 13.6 Å². The molecule has 4 heteroatoms. The Morgan fingerprint density at radius 3 is 2.80 bits per heavy atom. The highest BCUT2D eigenvalue weighted by Gasteiger charge is 2.14. The minimum atomic E-state index is 0.312. The van der Waals surface area contributed by atoms with E-state index in [0.717, 1.165) is 23.3 Å². The Kier molecular flexibility index (Phi) is 5.26. The van der Waals surface area contributed by atoms with Crippen LogP contribution in [0.2, 0.25) is 0 Å². The number of nitrogens with zero attached hydrogens (tertiary/aromatic N) is 1. The molecular weight excluding hydrogens is 316 g/mol. The predicted octanol–water partition coefficient (Wildman–Crippen LogP) is 4.35. The van der Waals surface area contributed by atoms with Crippen LogP contribution in [-0.2, 0) is 6.54 Å². The van der Waals surface area contributed by atoms with E-state index in [-0.39, 0.29) is 0 Å². The van der Waals surface area contributed by atoms with Crippen molar-refractivity contribution in [1.29, 1.82) is 0 Å². The topological polar surface area (TPSA) is 28.4 Å². The smallest absolute Gasteiger partial charge is 0.123 e. The maximum atomic E-state index is 5.43. The van der Waals surface area contributed by atoms with E-state index in [4.69, 9.17) is 4.42 Å². The lowest BCUT2D eigenvalue weighted by atomic mass is 10.1. The van der Waals surface area contributed by atoms with Crippen LogP contribution < -0.4 is 10.2 Å². The zero-order chi connectivity index (χ0) is 14.5. The molecular formula is C16H21BrN2O. The summed E-state index contributed by atoms with van der Waals surface area (Å²) >= 11 is 3.56. The molecule has 3 nitrogen and oxygen atoms in total. The lowest BCUT2D eigenvalue weighted by molar-refractivity contribution is 0.506. The average molecular weight is 337 g/mol. The molecule has 1 aromatic heterocycles. The molecule has 1 atom stereocenters. The quantitative estimate of drug-likeness (QED) is 0.849. The van der Waals surface area contributed by atoms with Crippen LogP contribution >= 0.6 is 15.9 Å². The summed E-state index contributed by atoms with van der Waals surface area (Å²) in [6, 6.07) is 10.6. The van der Waals surface area contributed by atoms with Crippen molar-refractivity contribution in [1.82, 2.24) is 5.32 Å². The van der Waals surface area contributed by atoms with Gasteiger partial charge in [-0.3, -0.25) is 0 Å². The van der Waals surface area contributed by atoms with Gasteiger partial charge in [0.05, 0.1) is 12.8 Å². The second-order valence-corrected chi connectivity index (χ2v) is 5.83. The van der Waals surface area contributed by atoms with Gasteiger partial charge in [0.15, 0.2) is 0 Å². The lowest BCUT2D eigenvalue weighted by Crippen LogP contribution is -2.23. The number of benzene rings is 1. The van der Waals surface area contributed by atoms with Crippen LogP contribution in [0.4, 0.5) is 5.69 Å². The summed E-state index contributed by atoms with van der Waals surface area (Å²) in [6.45, 7) is 6.03. The maximum absolute atomic E-state index is 5.43. The third-order valence-corrected chi connectivity index (χ3v) is 3.84. The van der Waals surface area contributed by atoms with E-state index in [1.807, 2.05) is 12.1 Å². The number of rotatable bonds is 6. The number of anilines is 1. The molecule has 0 aliphatic carbocycles. The number of halogens is 1. The van der Waals surface area contributed by atoms with Crippen molar-refractivity contribution in [3.05, 3.63) is 52.4 Å². The Balaban J connectivity index is 2.25. The number of hydrogen-bond acceptors (Lipinski definition) is 3. The Labute approximate surface area is 129 Å². The molecule has 0 fully saturated rings. The lowest BCUT2D eigenvalue weighted by Gasteiger charge is -2.25. The second-order valence-electron chi connectivity index (χ2n) is 4.92. The van der Waals surface area contributed by atoms with E-state index in [1.165, 1.54) is 11.3 Å². The molecule has 1 N–H and O–H groups in total. The molecule has 0 bridgehead atoms. The summed E-state index contributed by atoms with van der Waals surface area (Å²) < 4.78 is 6.53. The molecule has 0 saturated heterocycles. The molecule has 1 heterocycles. The molecule has 0 saturated carbocycles. The van der Waals surface area contributed by atoms with E-state index in [9.17, 15) is 0 Å². The summed E-state index contributed by atoms with van der Waals surface area (Å²) in [7, 11) is 2.09. The largest absolute Gasteiger partial charge is 0.467 e. The average Bonchev–Trinajstić information content (AvgIpc) is 2.91. The number of nitrogens with one attached hydrogen (secondary N) is 1. The van der Waals surface area contributed by atoms with Crippen molar-refractivity contribution in [2.75, 3.05) is 18.5 Å². The minimum absolute atomic E-state index is 0.312. The van der Waals surface area contributed by atoms with Crippen LogP contribution in [0.1, 0.15) is 31.2 Å². The van der Waals surface area contributed by atoms with E-state index in [0.29, 0.717) is 6.04 Å². The van der Waals surface area contributed by atoms with Gasteiger partial charge >= 0.3 is 0 Å². The third-order valence-electron chi connectivity index (χ3n) is 3.35. The summed E-state index contributed by atoms with van der Waals surface area (Å²) in [5.74, 6) is 0.970. The number of hydrogen-bond donors (Lipinski definition) is 1. The molecule has 108 valence electrons.